The first-order valence-electron chi connectivity index (χ1n) is 5.19. The molecule has 1 atom stereocenters. The predicted octanol–water partition coefficient (Wildman–Crippen LogP) is 1.26. The van der Waals surface area contributed by atoms with Crippen LogP contribution >= 0.6 is 11.6 Å². The molecule has 1 aromatic heterocycles. The van der Waals surface area contributed by atoms with Crippen LogP contribution in [0.25, 0.3) is 0 Å². The number of halogens is 1. The molecular formula is C10H17ClN4. The molecule has 0 aliphatic carbocycles. The predicted molar refractivity (Wildman–Crippen MR) is 59.7 cm³/mol. The highest BCUT2D eigenvalue weighted by Gasteiger charge is 2.37. The Morgan fingerprint density at radius 3 is 2.80 bits per heavy atom. The number of aryl methyl sites for hydroxylation is 1. The molecule has 1 saturated heterocycles. The zero-order valence-corrected chi connectivity index (χ0v) is 10.2. The van der Waals surface area contributed by atoms with Crippen LogP contribution in [-0.4, -0.2) is 38.4 Å². The van der Waals surface area contributed by atoms with Gasteiger partial charge in [0.15, 0.2) is 0 Å². The summed E-state index contributed by atoms with van der Waals surface area (Å²) < 4.78 is 0. The van der Waals surface area contributed by atoms with Crippen molar-refractivity contribution < 1.29 is 0 Å². The summed E-state index contributed by atoms with van der Waals surface area (Å²) in [6.07, 6.45) is 1.81. The zero-order valence-electron chi connectivity index (χ0n) is 9.44. The van der Waals surface area contributed by atoms with Crippen molar-refractivity contribution in [3.8, 4) is 0 Å². The molecule has 0 bridgehead atoms. The van der Waals surface area contributed by atoms with E-state index in [9.17, 15) is 0 Å². The van der Waals surface area contributed by atoms with Crippen molar-refractivity contribution in [3.63, 3.8) is 0 Å². The lowest BCUT2D eigenvalue weighted by Crippen LogP contribution is -2.23. The molecule has 84 valence electrons. The molecule has 4 nitrogen and oxygen atoms in total. The largest absolute Gasteiger partial charge is 0.295 e. The molecule has 0 N–H and O–H groups in total. The van der Waals surface area contributed by atoms with Crippen LogP contribution in [0.1, 0.15) is 19.5 Å². The molecule has 1 aliphatic heterocycles. The molecule has 1 aromatic rings. The van der Waals surface area contributed by atoms with Gasteiger partial charge >= 0.3 is 0 Å². The van der Waals surface area contributed by atoms with Crippen LogP contribution in [0.4, 0.5) is 0 Å². The number of likely N-dealkylation sites (tertiary alicyclic amines) is 1. The van der Waals surface area contributed by atoms with Crippen LogP contribution in [0.5, 0.6) is 0 Å². The van der Waals surface area contributed by atoms with Gasteiger partial charge in [0.05, 0.1) is 17.3 Å². The Balaban J connectivity index is 1.98. The fourth-order valence-electron chi connectivity index (χ4n) is 2.02. The standard InChI is InChI=1S/C10H17ClN4/c1-10(2)7-15(6-9(10)11)5-8-4-12-14(3)13-8/h4,9H,5-7H2,1-3H3. The van der Waals surface area contributed by atoms with Gasteiger partial charge in [-0.3, -0.25) is 4.90 Å². The van der Waals surface area contributed by atoms with Gasteiger partial charge in [-0.1, -0.05) is 13.8 Å². The maximum Gasteiger partial charge on any atom is 0.0967 e. The number of rotatable bonds is 2. The Morgan fingerprint density at radius 2 is 2.33 bits per heavy atom. The summed E-state index contributed by atoms with van der Waals surface area (Å²) in [5.41, 5.74) is 1.21. The summed E-state index contributed by atoms with van der Waals surface area (Å²) in [6.45, 7) is 7.23. The summed E-state index contributed by atoms with van der Waals surface area (Å²) in [7, 11) is 1.84. The molecule has 15 heavy (non-hydrogen) atoms. The minimum Gasteiger partial charge on any atom is -0.295 e. The summed E-state index contributed by atoms with van der Waals surface area (Å²) in [4.78, 5) is 3.93. The Bertz CT molecular complexity index is 347. The lowest BCUT2D eigenvalue weighted by Gasteiger charge is -2.20. The third-order valence-corrected chi connectivity index (χ3v) is 3.66. The van der Waals surface area contributed by atoms with E-state index in [4.69, 9.17) is 11.6 Å². The van der Waals surface area contributed by atoms with Crippen LogP contribution in [0.15, 0.2) is 6.20 Å². The maximum atomic E-state index is 6.29. The van der Waals surface area contributed by atoms with E-state index in [-0.39, 0.29) is 10.8 Å². The van der Waals surface area contributed by atoms with Crippen LogP contribution in [0.3, 0.4) is 0 Å². The minimum atomic E-state index is 0.198. The van der Waals surface area contributed by atoms with Crippen molar-refractivity contribution >= 4 is 11.6 Å². The molecule has 2 rings (SSSR count). The van der Waals surface area contributed by atoms with Crippen molar-refractivity contribution in [1.29, 1.82) is 0 Å². The third-order valence-electron chi connectivity index (χ3n) is 2.93. The average Bonchev–Trinajstić information content (AvgIpc) is 2.59. The Morgan fingerprint density at radius 1 is 1.60 bits per heavy atom. The van der Waals surface area contributed by atoms with E-state index in [1.165, 1.54) is 0 Å². The van der Waals surface area contributed by atoms with E-state index >= 15 is 0 Å². The second-order valence-corrected chi connectivity index (χ2v) is 5.48. The molecule has 1 fully saturated rings. The summed E-state index contributed by atoms with van der Waals surface area (Å²) >= 11 is 6.29. The fourth-order valence-corrected chi connectivity index (χ4v) is 2.29. The molecule has 0 aromatic carbocycles. The number of hydrogen-bond donors (Lipinski definition) is 0. The summed E-state index contributed by atoms with van der Waals surface area (Å²) in [5, 5.41) is 8.56. The highest BCUT2D eigenvalue weighted by molar-refractivity contribution is 6.21. The molecule has 0 saturated carbocycles. The Labute approximate surface area is 95.2 Å². The molecule has 0 radical (unpaired) electrons. The minimum absolute atomic E-state index is 0.198. The first-order valence-corrected chi connectivity index (χ1v) is 5.63. The van der Waals surface area contributed by atoms with E-state index in [1.807, 2.05) is 13.2 Å². The number of aromatic nitrogens is 3. The van der Waals surface area contributed by atoms with Crippen LogP contribution < -0.4 is 0 Å². The van der Waals surface area contributed by atoms with Crippen molar-refractivity contribution in [3.05, 3.63) is 11.9 Å². The second kappa shape index (κ2) is 3.76. The second-order valence-electron chi connectivity index (χ2n) is 4.95. The molecule has 5 heteroatoms. The van der Waals surface area contributed by atoms with Gasteiger partial charge < -0.3 is 0 Å². The van der Waals surface area contributed by atoms with Gasteiger partial charge in [-0.25, -0.2) is 0 Å². The molecular weight excluding hydrogens is 212 g/mol. The van der Waals surface area contributed by atoms with Crippen molar-refractivity contribution in [2.24, 2.45) is 12.5 Å². The van der Waals surface area contributed by atoms with Gasteiger partial charge in [-0.2, -0.15) is 15.0 Å². The number of hydrogen-bond acceptors (Lipinski definition) is 3. The van der Waals surface area contributed by atoms with E-state index in [0.717, 1.165) is 25.3 Å². The van der Waals surface area contributed by atoms with E-state index < -0.39 is 0 Å². The highest BCUT2D eigenvalue weighted by atomic mass is 35.5. The van der Waals surface area contributed by atoms with Crippen molar-refractivity contribution in [2.45, 2.75) is 25.8 Å². The summed E-state index contributed by atoms with van der Waals surface area (Å²) in [5.74, 6) is 0. The quantitative estimate of drug-likeness (QED) is 0.715. The first-order chi connectivity index (χ1) is 6.97. The van der Waals surface area contributed by atoms with Gasteiger partial charge in [0.2, 0.25) is 0 Å². The number of nitrogens with zero attached hydrogens (tertiary/aromatic N) is 4. The third kappa shape index (κ3) is 2.32. The van der Waals surface area contributed by atoms with Crippen LogP contribution in [0, 0.1) is 5.41 Å². The Hall–Kier alpha value is -0.610. The van der Waals surface area contributed by atoms with Gasteiger partial charge in [0.25, 0.3) is 0 Å². The normalized spacial score (nSPS) is 26.0. The first kappa shape index (κ1) is 10.9. The monoisotopic (exact) mass is 228 g/mol. The van der Waals surface area contributed by atoms with Gasteiger partial charge in [0.1, 0.15) is 0 Å². The van der Waals surface area contributed by atoms with E-state index in [1.54, 1.807) is 4.80 Å². The van der Waals surface area contributed by atoms with Gasteiger partial charge in [0, 0.05) is 26.7 Å². The van der Waals surface area contributed by atoms with Crippen molar-refractivity contribution in [1.82, 2.24) is 19.9 Å². The fraction of sp³-hybridized carbons (Fsp3) is 0.800. The number of alkyl halides is 1. The average molecular weight is 229 g/mol. The van der Waals surface area contributed by atoms with Crippen LogP contribution in [0.2, 0.25) is 0 Å². The molecule has 1 aliphatic rings. The van der Waals surface area contributed by atoms with Crippen LogP contribution in [-0.2, 0) is 13.6 Å². The highest BCUT2D eigenvalue weighted by Crippen LogP contribution is 2.33. The maximum absolute atomic E-state index is 6.29. The Kier molecular flexibility index (Phi) is 2.73. The van der Waals surface area contributed by atoms with Gasteiger partial charge in [-0.05, 0) is 5.41 Å². The lowest BCUT2D eigenvalue weighted by molar-refractivity contribution is 0.281. The lowest BCUT2D eigenvalue weighted by atomic mass is 9.92. The van der Waals surface area contributed by atoms with Crippen molar-refractivity contribution in [2.75, 3.05) is 13.1 Å². The van der Waals surface area contributed by atoms with E-state index in [2.05, 4.69) is 28.9 Å². The van der Waals surface area contributed by atoms with E-state index in [0.29, 0.717) is 0 Å². The SMILES string of the molecule is Cn1ncc(CN2CC(Cl)C(C)(C)C2)n1. The molecule has 0 amide bonds. The topological polar surface area (TPSA) is 34.0 Å². The molecule has 1 unspecified atom stereocenters. The molecule has 2 heterocycles. The smallest absolute Gasteiger partial charge is 0.0967 e. The zero-order chi connectivity index (χ0) is 11.1. The molecule has 0 spiro atoms. The summed E-state index contributed by atoms with van der Waals surface area (Å²) in [6, 6.07) is 0. The van der Waals surface area contributed by atoms with Gasteiger partial charge in [-0.15, -0.1) is 11.6 Å².